The van der Waals surface area contributed by atoms with Crippen molar-refractivity contribution in [2.24, 2.45) is 0 Å². The van der Waals surface area contributed by atoms with Crippen molar-refractivity contribution in [3.05, 3.63) is 69.1 Å². The van der Waals surface area contributed by atoms with E-state index in [9.17, 15) is 14.0 Å². The maximum absolute atomic E-state index is 14.1. The summed E-state index contributed by atoms with van der Waals surface area (Å²) in [6, 6.07) is 7.32. The first-order valence-corrected chi connectivity index (χ1v) is 9.42. The van der Waals surface area contributed by atoms with Crippen LogP contribution in [-0.4, -0.2) is 35.8 Å². The summed E-state index contributed by atoms with van der Waals surface area (Å²) in [7, 11) is 2.80. The Morgan fingerprint density at radius 2 is 1.80 bits per heavy atom. The van der Waals surface area contributed by atoms with Gasteiger partial charge in [-0.3, -0.25) is 14.3 Å². The van der Waals surface area contributed by atoms with Gasteiger partial charge in [0, 0.05) is 16.8 Å². The van der Waals surface area contributed by atoms with Gasteiger partial charge in [-0.1, -0.05) is 29.3 Å². The zero-order valence-corrected chi connectivity index (χ0v) is 17.3. The lowest BCUT2D eigenvalue weighted by atomic mass is 10.1. The monoisotopic (exact) mass is 449 g/mol. The van der Waals surface area contributed by atoms with E-state index in [1.165, 1.54) is 49.4 Å². The first-order valence-electron chi connectivity index (χ1n) is 8.67. The number of rotatable bonds is 5. The highest BCUT2D eigenvalue weighted by atomic mass is 35.5. The Kier molecular flexibility index (Phi) is 5.13. The van der Waals surface area contributed by atoms with Crippen molar-refractivity contribution >= 4 is 40.8 Å². The third-order valence-corrected chi connectivity index (χ3v) is 5.31. The van der Waals surface area contributed by atoms with Gasteiger partial charge in [0.25, 0.3) is 11.8 Å². The predicted molar refractivity (Wildman–Crippen MR) is 108 cm³/mol. The van der Waals surface area contributed by atoms with Crippen LogP contribution in [0.1, 0.15) is 26.3 Å². The lowest BCUT2D eigenvalue weighted by Crippen LogP contribution is -2.30. The van der Waals surface area contributed by atoms with Gasteiger partial charge in [0.15, 0.2) is 17.3 Å². The first kappa shape index (κ1) is 20.2. The smallest absolute Gasteiger partial charge is 0.271 e. The minimum absolute atomic E-state index is 0.0362. The molecule has 0 radical (unpaired) electrons. The van der Waals surface area contributed by atoms with E-state index < -0.39 is 17.6 Å². The van der Waals surface area contributed by atoms with Crippen LogP contribution in [0.25, 0.3) is 0 Å². The van der Waals surface area contributed by atoms with Gasteiger partial charge in [0.2, 0.25) is 0 Å². The quantitative estimate of drug-likeness (QED) is 0.545. The average molecular weight is 450 g/mol. The molecule has 0 atom stereocenters. The molecule has 0 N–H and O–H groups in total. The van der Waals surface area contributed by atoms with Crippen molar-refractivity contribution in [1.29, 1.82) is 0 Å². The lowest BCUT2D eigenvalue weighted by Gasteiger charge is -2.12. The highest BCUT2D eigenvalue weighted by Gasteiger charge is 2.42. The summed E-state index contributed by atoms with van der Waals surface area (Å²) in [6.07, 6.45) is 1.39. The minimum Gasteiger partial charge on any atom is -0.493 e. The van der Waals surface area contributed by atoms with Crippen LogP contribution in [0.3, 0.4) is 0 Å². The van der Waals surface area contributed by atoms with Crippen molar-refractivity contribution in [2.75, 3.05) is 19.1 Å². The lowest BCUT2D eigenvalue weighted by molar-refractivity contribution is 0.0924. The van der Waals surface area contributed by atoms with Crippen LogP contribution in [0, 0.1) is 5.82 Å². The summed E-state index contributed by atoms with van der Waals surface area (Å²) in [5.74, 6) is -1.38. The zero-order chi connectivity index (χ0) is 21.6. The fourth-order valence-corrected chi connectivity index (χ4v) is 3.76. The maximum atomic E-state index is 14.1. The number of halogens is 3. The van der Waals surface area contributed by atoms with Crippen LogP contribution in [0.5, 0.6) is 11.5 Å². The summed E-state index contributed by atoms with van der Waals surface area (Å²) in [5.41, 5.74) is 0.406. The number of imide groups is 1. The second-order valence-corrected chi connectivity index (χ2v) is 7.18. The van der Waals surface area contributed by atoms with Gasteiger partial charge >= 0.3 is 0 Å². The number of carbonyl (C=O) groups excluding carboxylic acids is 2. The number of hydrogen-bond acceptors (Lipinski definition) is 5. The molecule has 0 aliphatic carbocycles. The maximum Gasteiger partial charge on any atom is 0.271 e. The molecule has 1 aliphatic rings. The summed E-state index contributed by atoms with van der Waals surface area (Å²) < 4.78 is 25.9. The number of aromatic nitrogens is 2. The van der Waals surface area contributed by atoms with Crippen molar-refractivity contribution in [1.82, 2.24) is 9.78 Å². The van der Waals surface area contributed by atoms with Crippen LogP contribution in [0.15, 0.2) is 36.5 Å². The number of nitrogens with zero attached hydrogens (tertiary/aromatic N) is 3. The number of ether oxygens (including phenoxy) is 2. The molecule has 4 rings (SSSR count). The van der Waals surface area contributed by atoms with Gasteiger partial charge in [-0.25, -0.2) is 9.29 Å². The normalized spacial score (nSPS) is 13.0. The second-order valence-electron chi connectivity index (χ2n) is 6.37. The molecule has 10 heteroatoms. The molecule has 0 saturated carbocycles. The van der Waals surface area contributed by atoms with Crippen LogP contribution in [-0.2, 0) is 6.54 Å². The third-order valence-electron chi connectivity index (χ3n) is 4.69. The fraction of sp³-hybridized carbons (Fsp3) is 0.150. The SMILES string of the molecule is COc1ccc2c(c1OC)C(=O)N(c1nn(Cc3c(F)cccc3Cl)cc1Cl)C2=O. The molecule has 0 fully saturated rings. The summed E-state index contributed by atoms with van der Waals surface area (Å²) in [4.78, 5) is 26.8. The highest BCUT2D eigenvalue weighted by Crippen LogP contribution is 2.40. The molecular formula is C20H14Cl2FN3O4. The topological polar surface area (TPSA) is 73.7 Å². The Morgan fingerprint density at radius 1 is 1.03 bits per heavy atom. The number of fused-ring (bicyclic) bond motifs is 1. The summed E-state index contributed by atoms with van der Waals surface area (Å²) in [6.45, 7) is -0.0362. The molecule has 2 aromatic carbocycles. The van der Waals surface area contributed by atoms with Crippen molar-refractivity contribution in [3.8, 4) is 11.5 Å². The number of hydrogen-bond donors (Lipinski definition) is 0. The molecule has 30 heavy (non-hydrogen) atoms. The number of methoxy groups -OCH3 is 2. The molecule has 0 bridgehead atoms. The van der Waals surface area contributed by atoms with E-state index in [4.69, 9.17) is 32.7 Å². The van der Waals surface area contributed by atoms with E-state index >= 15 is 0 Å². The van der Waals surface area contributed by atoms with Crippen molar-refractivity contribution in [2.45, 2.75) is 6.54 Å². The minimum atomic E-state index is -0.651. The average Bonchev–Trinajstić information content (AvgIpc) is 3.20. The standard InChI is InChI=1S/C20H14Cl2FN3O4/c1-29-15-7-6-10-16(17(15)30-2)20(28)26(19(10)27)18-13(22)9-25(24-18)8-11-12(21)4-3-5-14(11)23/h3-7,9H,8H2,1-2H3. The van der Waals surface area contributed by atoms with Gasteiger partial charge in [-0.2, -0.15) is 5.10 Å². The number of anilines is 1. The number of benzene rings is 2. The van der Waals surface area contributed by atoms with Gasteiger partial charge in [-0.05, 0) is 24.3 Å². The number of carbonyl (C=O) groups is 2. The van der Waals surface area contributed by atoms with Gasteiger partial charge in [-0.15, -0.1) is 0 Å². The Morgan fingerprint density at radius 3 is 2.47 bits per heavy atom. The number of amides is 2. The molecule has 0 saturated heterocycles. The van der Waals surface area contributed by atoms with E-state index in [1.807, 2.05) is 0 Å². The Bertz CT molecular complexity index is 1170. The third kappa shape index (κ3) is 3.09. The molecular weight excluding hydrogens is 436 g/mol. The van der Waals surface area contributed by atoms with E-state index in [0.717, 1.165) is 4.90 Å². The predicted octanol–water partition coefficient (Wildman–Crippen LogP) is 4.20. The van der Waals surface area contributed by atoms with E-state index in [0.29, 0.717) is 5.75 Å². The largest absolute Gasteiger partial charge is 0.493 e. The molecule has 1 aliphatic heterocycles. The molecule has 0 unspecified atom stereocenters. The van der Waals surface area contributed by atoms with E-state index in [1.54, 1.807) is 6.07 Å². The second kappa shape index (κ2) is 7.62. The summed E-state index contributed by atoms with van der Waals surface area (Å²) in [5, 5.41) is 4.49. The molecule has 2 heterocycles. The van der Waals surface area contributed by atoms with Crippen LogP contribution in [0.4, 0.5) is 10.2 Å². The van der Waals surface area contributed by atoms with E-state index in [-0.39, 0.29) is 44.8 Å². The van der Waals surface area contributed by atoms with Crippen LogP contribution < -0.4 is 14.4 Å². The molecule has 3 aromatic rings. The van der Waals surface area contributed by atoms with Crippen LogP contribution >= 0.6 is 23.2 Å². The molecule has 7 nitrogen and oxygen atoms in total. The highest BCUT2D eigenvalue weighted by molar-refractivity contribution is 6.39. The van der Waals surface area contributed by atoms with Crippen molar-refractivity contribution < 1.29 is 23.5 Å². The molecule has 154 valence electrons. The fourth-order valence-electron chi connectivity index (χ4n) is 3.30. The first-order chi connectivity index (χ1) is 14.4. The van der Waals surface area contributed by atoms with Crippen LogP contribution in [0.2, 0.25) is 10.0 Å². The molecule has 1 aromatic heterocycles. The molecule has 0 spiro atoms. The Labute approximate surface area is 180 Å². The Hall–Kier alpha value is -3.10. The molecule has 2 amide bonds. The van der Waals surface area contributed by atoms with Crippen molar-refractivity contribution in [3.63, 3.8) is 0 Å². The summed E-state index contributed by atoms with van der Waals surface area (Å²) >= 11 is 12.3. The zero-order valence-electron chi connectivity index (χ0n) is 15.8. The van der Waals surface area contributed by atoms with Gasteiger partial charge < -0.3 is 9.47 Å². The van der Waals surface area contributed by atoms with Gasteiger partial charge in [0.1, 0.15) is 10.8 Å². The van der Waals surface area contributed by atoms with Gasteiger partial charge in [0.05, 0.1) is 31.9 Å². The van der Waals surface area contributed by atoms with E-state index in [2.05, 4.69) is 5.10 Å². The Balaban J connectivity index is 1.73.